The van der Waals surface area contributed by atoms with Gasteiger partial charge in [0.05, 0.1) is 12.6 Å². The summed E-state index contributed by atoms with van der Waals surface area (Å²) in [6, 6.07) is -0.524. The molecule has 0 saturated carbocycles. The molecule has 4 N–H and O–H groups in total. The van der Waals surface area contributed by atoms with Crippen LogP contribution in [0.5, 0.6) is 0 Å². The SMILES string of the molecule is CCC(C)C(N)C(=O)NCCOCC(=O)O. The predicted octanol–water partition coefficient (Wildman–Crippen LogP) is -0.423. The zero-order valence-electron chi connectivity index (χ0n) is 9.73. The molecule has 0 fully saturated rings. The van der Waals surface area contributed by atoms with Crippen LogP contribution in [0.2, 0.25) is 0 Å². The molecule has 6 heteroatoms. The summed E-state index contributed by atoms with van der Waals surface area (Å²) in [5.41, 5.74) is 5.69. The summed E-state index contributed by atoms with van der Waals surface area (Å²) in [4.78, 5) is 21.5. The molecule has 0 aliphatic heterocycles. The van der Waals surface area contributed by atoms with E-state index in [2.05, 4.69) is 5.32 Å². The van der Waals surface area contributed by atoms with Gasteiger partial charge >= 0.3 is 5.97 Å². The Balaban J connectivity index is 3.61. The van der Waals surface area contributed by atoms with E-state index in [1.165, 1.54) is 0 Å². The van der Waals surface area contributed by atoms with Gasteiger partial charge < -0.3 is 20.9 Å². The Morgan fingerprint density at radius 2 is 2.12 bits per heavy atom. The highest BCUT2D eigenvalue weighted by Gasteiger charge is 2.18. The van der Waals surface area contributed by atoms with Crippen LogP contribution in [-0.4, -0.2) is 42.8 Å². The molecule has 0 aliphatic rings. The summed E-state index contributed by atoms with van der Waals surface area (Å²) in [5.74, 6) is -1.13. The molecule has 0 aromatic carbocycles. The van der Waals surface area contributed by atoms with E-state index in [1.807, 2.05) is 13.8 Å². The Morgan fingerprint density at radius 1 is 1.50 bits per heavy atom. The van der Waals surface area contributed by atoms with Crippen molar-refractivity contribution in [3.05, 3.63) is 0 Å². The van der Waals surface area contributed by atoms with Crippen molar-refractivity contribution in [3.63, 3.8) is 0 Å². The van der Waals surface area contributed by atoms with Crippen LogP contribution in [0.25, 0.3) is 0 Å². The number of nitrogens with two attached hydrogens (primary N) is 1. The second-order valence-electron chi connectivity index (χ2n) is 3.65. The number of carbonyl (C=O) groups excluding carboxylic acids is 1. The standard InChI is InChI=1S/C10H20N2O4/c1-3-7(2)9(11)10(15)12-4-5-16-6-8(13)14/h7,9H,3-6,11H2,1-2H3,(H,12,15)(H,13,14). The number of carboxylic acids is 1. The molecule has 0 bridgehead atoms. The summed E-state index contributed by atoms with van der Waals surface area (Å²) in [6.07, 6.45) is 0.837. The quantitative estimate of drug-likeness (QED) is 0.493. The van der Waals surface area contributed by atoms with Crippen molar-refractivity contribution < 1.29 is 19.4 Å². The minimum Gasteiger partial charge on any atom is -0.480 e. The van der Waals surface area contributed by atoms with Crippen molar-refractivity contribution in [1.82, 2.24) is 5.32 Å². The van der Waals surface area contributed by atoms with Crippen molar-refractivity contribution in [2.75, 3.05) is 19.8 Å². The van der Waals surface area contributed by atoms with Crippen LogP contribution >= 0.6 is 0 Å². The molecule has 1 amide bonds. The minimum absolute atomic E-state index is 0.125. The summed E-state index contributed by atoms with van der Waals surface area (Å²) in [5, 5.41) is 10.9. The van der Waals surface area contributed by atoms with E-state index < -0.39 is 12.0 Å². The molecule has 0 aliphatic carbocycles. The smallest absolute Gasteiger partial charge is 0.329 e. The maximum Gasteiger partial charge on any atom is 0.329 e. The van der Waals surface area contributed by atoms with E-state index in [0.717, 1.165) is 6.42 Å². The summed E-state index contributed by atoms with van der Waals surface area (Å²) >= 11 is 0. The molecule has 94 valence electrons. The number of aliphatic carboxylic acids is 1. The van der Waals surface area contributed by atoms with Crippen molar-refractivity contribution in [2.45, 2.75) is 26.3 Å². The van der Waals surface area contributed by atoms with Crippen molar-refractivity contribution in [2.24, 2.45) is 11.7 Å². The lowest BCUT2D eigenvalue weighted by molar-refractivity contribution is -0.142. The molecule has 0 aromatic rings. The highest BCUT2D eigenvalue weighted by Crippen LogP contribution is 2.04. The number of carboxylic acid groups (broad SMARTS) is 1. The van der Waals surface area contributed by atoms with Crippen LogP contribution in [0.4, 0.5) is 0 Å². The third-order valence-corrected chi connectivity index (χ3v) is 2.33. The average Bonchev–Trinajstić information content (AvgIpc) is 2.25. The zero-order valence-corrected chi connectivity index (χ0v) is 9.73. The average molecular weight is 232 g/mol. The Morgan fingerprint density at radius 3 is 2.62 bits per heavy atom. The Labute approximate surface area is 95.1 Å². The molecule has 0 aromatic heterocycles. The van der Waals surface area contributed by atoms with Gasteiger partial charge in [-0.05, 0) is 5.92 Å². The number of amides is 1. The third-order valence-electron chi connectivity index (χ3n) is 2.33. The van der Waals surface area contributed by atoms with Gasteiger partial charge in [0.1, 0.15) is 6.61 Å². The number of hydrogen-bond donors (Lipinski definition) is 3. The molecule has 0 heterocycles. The fraction of sp³-hybridized carbons (Fsp3) is 0.800. The zero-order chi connectivity index (χ0) is 12.6. The first-order valence-corrected chi connectivity index (χ1v) is 5.31. The molecule has 2 unspecified atom stereocenters. The summed E-state index contributed by atoms with van der Waals surface area (Å²) < 4.78 is 4.76. The van der Waals surface area contributed by atoms with Gasteiger partial charge in [-0.3, -0.25) is 4.79 Å². The van der Waals surface area contributed by atoms with Crippen LogP contribution in [-0.2, 0) is 14.3 Å². The highest BCUT2D eigenvalue weighted by atomic mass is 16.5. The maximum absolute atomic E-state index is 11.4. The van der Waals surface area contributed by atoms with Crippen LogP contribution in [0.3, 0.4) is 0 Å². The highest BCUT2D eigenvalue weighted by molar-refractivity contribution is 5.81. The molecule has 6 nitrogen and oxygen atoms in total. The van der Waals surface area contributed by atoms with Crippen LogP contribution in [0.1, 0.15) is 20.3 Å². The first kappa shape index (κ1) is 14.9. The van der Waals surface area contributed by atoms with Crippen molar-refractivity contribution in [1.29, 1.82) is 0 Å². The first-order valence-electron chi connectivity index (χ1n) is 5.31. The van der Waals surface area contributed by atoms with Gasteiger partial charge in [0, 0.05) is 6.54 Å². The molecular formula is C10H20N2O4. The predicted molar refractivity (Wildman–Crippen MR) is 58.9 cm³/mol. The van der Waals surface area contributed by atoms with Gasteiger partial charge in [-0.2, -0.15) is 0 Å². The Kier molecular flexibility index (Phi) is 7.49. The largest absolute Gasteiger partial charge is 0.480 e. The number of carbonyl (C=O) groups is 2. The van der Waals surface area contributed by atoms with Crippen molar-refractivity contribution >= 4 is 11.9 Å². The van der Waals surface area contributed by atoms with Crippen LogP contribution < -0.4 is 11.1 Å². The second kappa shape index (κ2) is 8.06. The molecule has 0 rings (SSSR count). The van der Waals surface area contributed by atoms with E-state index in [-0.39, 0.29) is 31.6 Å². The van der Waals surface area contributed by atoms with Gasteiger partial charge in [0.25, 0.3) is 0 Å². The molecule has 2 atom stereocenters. The molecule has 0 saturated heterocycles. The summed E-state index contributed by atoms with van der Waals surface area (Å²) in [6.45, 7) is 3.97. The molecule has 0 spiro atoms. The molecule has 0 radical (unpaired) electrons. The van der Waals surface area contributed by atoms with Gasteiger partial charge in [0.2, 0.25) is 5.91 Å². The fourth-order valence-corrected chi connectivity index (χ4v) is 1.04. The number of nitrogens with one attached hydrogen (secondary N) is 1. The Bertz CT molecular complexity index is 233. The number of hydrogen-bond acceptors (Lipinski definition) is 4. The topological polar surface area (TPSA) is 102 Å². The lowest BCUT2D eigenvalue weighted by atomic mass is 9.99. The van der Waals surface area contributed by atoms with E-state index in [4.69, 9.17) is 15.6 Å². The van der Waals surface area contributed by atoms with Crippen LogP contribution in [0.15, 0.2) is 0 Å². The van der Waals surface area contributed by atoms with Gasteiger partial charge in [-0.25, -0.2) is 4.79 Å². The maximum atomic E-state index is 11.4. The van der Waals surface area contributed by atoms with Gasteiger partial charge in [0.15, 0.2) is 0 Å². The van der Waals surface area contributed by atoms with E-state index in [1.54, 1.807) is 0 Å². The van der Waals surface area contributed by atoms with E-state index in [9.17, 15) is 9.59 Å². The van der Waals surface area contributed by atoms with E-state index >= 15 is 0 Å². The lowest BCUT2D eigenvalue weighted by Gasteiger charge is -2.17. The lowest BCUT2D eigenvalue weighted by Crippen LogP contribution is -2.45. The van der Waals surface area contributed by atoms with Crippen molar-refractivity contribution in [3.8, 4) is 0 Å². The number of ether oxygens (including phenoxy) is 1. The number of rotatable bonds is 8. The van der Waals surface area contributed by atoms with Crippen LogP contribution in [0, 0.1) is 5.92 Å². The van der Waals surface area contributed by atoms with E-state index in [0.29, 0.717) is 0 Å². The first-order chi connectivity index (χ1) is 7.49. The normalized spacial score (nSPS) is 14.2. The fourth-order valence-electron chi connectivity index (χ4n) is 1.04. The minimum atomic E-state index is -1.03. The third kappa shape index (κ3) is 6.36. The van der Waals surface area contributed by atoms with Gasteiger partial charge in [-0.15, -0.1) is 0 Å². The van der Waals surface area contributed by atoms with Gasteiger partial charge in [-0.1, -0.05) is 20.3 Å². The Hall–Kier alpha value is -1.14. The molecular weight excluding hydrogens is 212 g/mol. The summed E-state index contributed by atoms with van der Waals surface area (Å²) in [7, 11) is 0. The molecule has 16 heavy (non-hydrogen) atoms. The monoisotopic (exact) mass is 232 g/mol. The second-order valence-corrected chi connectivity index (χ2v) is 3.65.